The van der Waals surface area contributed by atoms with Crippen LogP contribution >= 0.6 is 0 Å². The highest BCUT2D eigenvalue weighted by molar-refractivity contribution is 5.91. The molecule has 2 saturated heterocycles. The van der Waals surface area contributed by atoms with E-state index in [0.717, 1.165) is 16.7 Å². The van der Waals surface area contributed by atoms with Gasteiger partial charge in [-0.05, 0) is 32.0 Å². The van der Waals surface area contributed by atoms with Gasteiger partial charge in [0.1, 0.15) is 5.82 Å². The highest BCUT2D eigenvalue weighted by atomic mass is 19.3. The number of nitrogens with zero attached hydrogens (tertiary/aromatic N) is 7. The van der Waals surface area contributed by atoms with Gasteiger partial charge in [-0.15, -0.1) is 0 Å². The molecule has 1 N–H and O–H groups in total. The van der Waals surface area contributed by atoms with Crippen molar-refractivity contribution in [1.29, 1.82) is 0 Å². The van der Waals surface area contributed by atoms with E-state index < -0.39 is 5.92 Å². The van der Waals surface area contributed by atoms with Crippen LogP contribution < -0.4 is 15.1 Å². The zero-order chi connectivity index (χ0) is 23.3. The minimum Gasteiger partial charge on any atom is -0.365 e. The maximum atomic E-state index is 13.1. The van der Waals surface area contributed by atoms with Gasteiger partial charge in [0.15, 0.2) is 5.65 Å². The van der Waals surface area contributed by atoms with Crippen LogP contribution in [0.1, 0.15) is 12.6 Å². The maximum absolute atomic E-state index is 13.1. The van der Waals surface area contributed by atoms with Gasteiger partial charge >= 0.3 is 6.03 Å². The van der Waals surface area contributed by atoms with Crippen molar-refractivity contribution in [2.24, 2.45) is 7.05 Å². The molecule has 0 aliphatic carbocycles. The molecule has 5 heterocycles. The van der Waals surface area contributed by atoms with E-state index in [1.807, 2.05) is 19.3 Å². The number of halogens is 2. The van der Waals surface area contributed by atoms with Crippen LogP contribution in [0.3, 0.4) is 0 Å². The third-order valence-electron chi connectivity index (χ3n) is 6.32. The predicted molar refractivity (Wildman–Crippen MR) is 122 cm³/mol. The summed E-state index contributed by atoms with van der Waals surface area (Å²) in [6.45, 7) is 5.01. The summed E-state index contributed by atoms with van der Waals surface area (Å²) in [5, 5.41) is 8.23. The fraction of sp³-hybridized carbons (Fsp3) is 0.455. The Hall–Kier alpha value is -3.50. The van der Waals surface area contributed by atoms with Gasteiger partial charge in [0, 0.05) is 38.9 Å². The summed E-state index contributed by atoms with van der Waals surface area (Å²) in [5.41, 5.74) is 3.07. The molecule has 2 amide bonds. The molecule has 11 heteroatoms. The Balaban J connectivity index is 1.24. The molecule has 1 atom stereocenters. The molecule has 5 rings (SSSR count). The summed E-state index contributed by atoms with van der Waals surface area (Å²) in [5.74, 6) is -2.15. The third kappa shape index (κ3) is 3.91. The van der Waals surface area contributed by atoms with E-state index in [1.54, 1.807) is 34.8 Å². The highest BCUT2D eigenvalue weighted by Crippen LogP contribution is 2.32. The van der Waals surface area contributed by atoms with Crippen LogP contribution in [-0.4, -0.2) is 75.4 Å². The van der Waals surface area contributed by atoms with Crippen molar-refractivity contribution < 1.29 is 13.6 Å². The Morgan fingerprint density at radius 1 is 1.21 bits per heavy atom. The number of amides is 2. The van der Waals surface area contributed by atoms with Crippen LogP contribution in [0.5, 0.6) is 0 Å². The summed E-state index contributed by atoms with van der Waals surface area (Å²) in [4.78, 5) is 27.3. The molecule has 174 valence electrons. The Bertz CT molecular complexity index is 1200. The Kier molecular flexibility index (Phi) is 5.06. The molecule has 2 aliphatic rings. The van der Waals surface area contributed by atoms with Gasteiger partial charge in [-0.2, -0.15) is 5.10 Å². The van der Waals surface area contributed by atoms with Crippen LogP contribution in [0, 0.1) is 6.92 Å². The van der Waals surface area contributed by atoms with Crippen LogP contribution in [0.4, 0.5) is 30.8 Å². The number of pyridine rings is 2. The number of piperazine rings is 1. The van der Waals surface area contributed by atoms with E-state index in [0.29, 0.717) is 36.8 Å². The molecule has 0 spiro atoms. The minimum atomic E-state index is -2.65. The van der Waals surface area contributed by atoms with E-state index in [-0.39, 0.29) is 25.2 Å². The second kappa shape index (κ2) is 7.82. The number of nitrogens with one attached hydrogen (secondary N) is 1. The second-order valence-electron chi connectivity index (χ2n) is 8.77. The summed E-state index contributed by atoms with van der Waals surface area (Å²) < 4.78 is 28.0. The lowest BCUT2D eigenvalue weighted by atomic mass is 10.1. The average Bonchev–Trinajstić information content (AvgIpc) is 3.14. The summed E-state index contributed by atoms with van der Waals surface area (Å²) in [7, 11) is 1.87. The van der Waals surface area contributed by atoms with Crippen LogP contribution in [0.15, 0.2) is 30.6 Å². The number of carbonyl (C=O) groups is 1. The zero-order valence-electron chi connectivity index (χ0n) is 18.8. The smallest absolute Gasteiger partial charge is 0.322 e. The van der Waals surface area contributed by atoms with Gasteiger partial charge in [0.25, 0.3) is 5.92 Å². The van der Waals surface area contributed by atoms with Crippen molar-refractivity contribution in [3.05, 3.63) is 36.3 Å². The van der Waals surface area contributed by atoms with Gasteiger partial charge in [-0.3, -0.25) is 4.68 Å². The molecule has 3 aromatic heterocycles. The standard InChI is InChI=1S/C22H26F2N8O/c1-14-11-30(8-9-32(14)18-6-7-25-20-16(18)10-26-29(20)3)21(33)28-17-4-5-19(27-15(17)2)31-12-22(23,24)13-31/h4-7,10,14H,8-9,11-13H2,1-3H3,(H,28,33)/t14-/m0/s1. The van der Waals surface area contributed by atoms with E-state index in [2.05, 4.69) is 32.2 Å². The number of carbonyl (C=O) groups excluding carboxylic acids is 1. The predicted octanol–water partition coefficient (Wildman–Crippen LogP) is 2.87. The summed E-state index contributed by atoms with van der Waals surface area (Å²) in [6.07, 6.45) is 3.61. The van der Waals surface area contributed by atoms with E-state index >= 15 is 0 Å². The lowest BCUT2D eigenvalue weighted by Crippen LogP contribution is -2.56. The Morgan fingerprint density at radius 3 is 2.70 bits per heavy atom. The molecular formula is C22H26F2N8O. The van der Waals surface area contributed by atoms with Crippen molar-refractivity contribution in [1.82, 2.24) is 24.6 Å². The number of alkyl halides is 2. The van der Waals surface area contributed by atoms with Crippen molar-refractivity contribution in [2.45, 2.75) is 25.8 Å². The first-order valence-corrected chi connectivity index (χ1v) is 10.9. The van der Waals surface area contributed by atoms with Crippen molar-refractivity contribution in [2.75, 3.05) is 47.8 Å². The van der Waals surface area contributed by atoms with Crippen LogP contribution in [0.2, 0.25) is 0 Å². The molecule has 0 saturated carbocycles. The molecule has 0 unspecified atom stereocenters. The number of urea groups is 1. The first-order chi connectivity index (χ1) is 15.7. The van der Waals surface area contributed by atoms with Gasteiger partial charge in [-0.1, -0.05) is 0 Å². The molecule has 2 fully saturated rings. The SMILES string of the molecule is Cc1nc(N2CC(F)(F)C2)ccc1NC(=O)N1CCN(c2ccnc3c2cnn3C)[C@@H](C)C1. The maximum Gasteiger partial charge on any atom is 0.322 e. The molecule has 0 radical (unpaired) electrons. The van der Waals surface area contributed by atoms with Gasteiger partial charge < -0.3 is 20.0 Å². The summed E-state index contributed by atoms with van der Waals surface area (Å²) >= 11 is 0. The minimum absolute atomic E-state index is 0.102. The molecule has 9 nitrogen and oxygen atoms in total. The number of fused-ring (bicyclic) bond motifs is 1. The van der Waals surface area contributed by atoms with E-state index in [1.165, 1.54) is 4.90 Å². The Labute approximate surface area is 190 Å². The lowest BCUT2D eigenvalue weighted by molar-refractivity contribution is -0.0267. The first kappa shape index (κ1) is 21.4. The lowest BCUT2D eigenvalue weighted by Gasteiger charge is -2.41. The van der Waals surface area contributed by atoms with E-state index in [4.69, 9.17) is 0 Å². The molecule has 2 aliphatic heterocycles. The number of hydrogen-bond donors (Lipinski definition) is 1. The molecule has 0 aromatic carbocycles. The number of aromatic nitrogens is 4. The average molecular weight is 457 g/mol. The normalized spacial score (nSPS) is 20.2. The molecule has 3 aromatic rings. The van der Waals surface area contributed by atoms with Gasteiger partial charge in [-0.25, -0.2) is 23.5 Å². The van der Waals surface area contributed by atoms with Gasteiger partial charge in [0.05, 0.1) is 41.7 Å². The largest absolute Gasteiger partial charge is 0.365 e. The fourth-order valence-corrected chi connectivity index (χ4v) is 4.51. The van der Waals surface area contributed by atoms with Crippen molar-refractivity contribution >= 4 is 34.3 Å². The van der Waals surface area contributed by atoms with Crippen LogP contribution in [0.25, 0.3) is 11.0 Å². The topological polar surface area (TPSA) is 82.4 Å². The first-order valence-electron chi connectivity index (χ1n) is 10.9. The molecule has 33 heavy (non-hydrogen) atoms. The number of hydrogen-bond acceptors (Lipinski definition) is 6. The zero-order valence-corrected chi connectivity index (χ0v) is 18.8. The Morgan fingerprint density at radius 2 is 2.00 bits per heavy atom. The van der Waals surface area contributed by atoms with Crippen molar-refractivity contribution in [3.8, 4) is 0 Å². The highest BCUT2D eigenvalue weighted by Gasteiger charge is 2.44. The van der Waals surface area contributed by atoms with Crippen LogP contribution in [-0.2, 0) is 7.05 Å². The monoisotopic (exact) mass is 456 g/mol. The number of anilines is 3. The quantitative estimate of drug-likeness (QED) is 0.653. The molecule has 0 bridgehead atoms. The van der Waals surface area contributed by atoms with Gasteiger partial charge in [0.2, 0.25) is 0 Å². The molecular weight excluding hydrogens is 430 g/mol. The fourth-order valence-electron chi connectivity index (χ4n) is 4.51. The number of aryl methyl sites for hydroxylation is 2. The number of rotatable bonds is 3. The summed E-state index contributed by atoms with van der Waals surface area (Å²) in [6, 6.07) is 5.28. The second-order valence-corrected chi connectivity index (χ2v) is 8.77. The third-order valence-corrected chi connectivity index (χ3v) is 6.32. The van der Waals surface area contributed by atoms with E-state index in [9.17, 15) is 13.6 Å². The van der Waals surface area contributed by atoms with Crippen molar-refractivity contribution in [3.63, 3.8) is 0 Å².